The SMILES string of the molecule is Cc1c(Cc2ccccc2)sc(NC(=S)NC(=O)/C=C/c2ccc([N+](=O)[O-])cc2)c1C(N)=O. The van der Waals surface area contributed by atoms with Crippen LogP contribution in [-0.4, -0.2) is 21.9 Å². The molecule has 3 aromatic rings. The molecule has 168 valence electrons. The Bertz CT molecular complexity index is 1240. The van der Waals surface area contributed by atoms with Crippen LogP contribution in [0.15, 0.2) is 60.7 Å². The molecule has 10 heteroatoms. The molecule has 8 nitrogen and oxygen atoms in total. The molecule has 2 aromatic carbocycles. The number of non-ortho nitro benzene ring substituents is 1. The zero-order chi connectivity index (χ0) is 24.0. The van der Waals surface area contributed by atoms with E-state index < -0.39 is 16.7 Å². The smallest absolute Gasteiger partial charge is 0.269 e. The van der Waals surface area contributed by atoms with Gasteiger partial charge >= 0.3 is 0 Å². The molecule has 0 saturated carbocycles. The number of nitrogens with two attached hydrogens (primary N) is 1. The summed E-state index contributed by atoms with van der Waals surface area (Å²) in [5, 5.41) is 16.6. The fourth-order valence-corrected chi connectivity index (χ4v) is 4.58. The minimum atomic E-state index is -0.585. The third-order valence-corrected chi connectivity index (χ3v) is 6.11. The molecule has 1 aromatic heterocycles. The third kappa shape index (κ3) is 6.31. The molecule has 0 aliphatic carbocycles. The van der Waals surface area contributed by atoms with Crippen LogP contribution in [0.25, 0.3) is 6.08 Å². The van der Waals surface area contributed by atoms with Crippen LogP contribution < -0.4 is 16.4 Å². The number of anilines is 1. The van der Waals surface area contributed by atoms with E-state index in [1.807, 2.05) is 37.3 Å². The molecule has 0 atom stereocenters. The van der Waals surface area contributed by atoms with Crippen molar-refractivity contribution in [1.82, 2.24) is 5.32 Å². The minimum absolute atomic E-state index is 0.0170. The van der Waals surface area contributed by atoms with Crippen molar-refractivity contribution < 1.29 is 14.5 Å². The number of hydrogen-bond acceptors (Lipinski definition) is 6. The Hall–Kier alpha value is -3.89. The van der Waals surface area contributed by atoms with E-state index in [4.69, 9.17) is 18.0 Å². The fourth-order valence-electron chi connectivity index (χ4n) is 3.06. The van der Waals surface area contributed by atoms with E-state index in [1.165, 1.54) is 47.8 Å². The van der Waals surface area contributed by atoms with Crippen molar-refractivity contribution in [1.29, 1.82) is 0 Å². The van der Waals surface area contributed by atoms with Crippen LogP contribution in [0.4, 0.5) is 10.7 Å². The number of nitro groups is 1. The lowest BCUT2D eigenvalue weighted by Gasteiger charge is -2.07. The maximum atomic E-state index is 12.2. The van der Waals surface area contributed by atoms with Gasteiger partial charge in [0.1, 0.15) is 5.00 Å². The molecule has 0 saturated heterocycles. The molecule has 0 bridgehead atoms. The van der Waals surface area contributed by atoms with Crippen molar-refractivity contribution in [2.45, 2.75) is 13.3 Å². The molecule has 3 rings (SSSR count). The first-order valence-electron chi connectivity index (χ1n) is 9.75. The van der Waals surface area contributed by atoms with Gasteiger partial charge in [0.05, 0.1) is 10.5 Å². The standard InChI is InChI=1S/C23H20N4O4S2/c1-14-18(13-16-5-3-2-4-6-16)33-22(20(14)21(24)29)26-23(32)25-19(28)12-9-15-7-10-17(11-8-15)27(30)31/h2-12H,13H2,1H3,(H2,24,29)(H2,25,26,28,32)/b12-9+. The topological polar surface area (TPSA) is 127 Å². The summed E-state index contributed by atoms with van der Waals surface area (Å²) in [7, 11) is 0. The minimum Gasteiger partial charge on any atom is -0.365 e. The maximum absolute atomic E-state index is 12.2. The molecular weight excluding hydrogens is 460 g/mol. The van der Waals surface area contributed by atoms with Gasteiger partial charge in [-0.2, -0.15) is 0 Å². The number of benzene rings is 2. The highest BCUT2D eigenvalue weighted by atomic mass is 32.1. The molecule has 2 amide bonds. The summed E-state index contributed by atoms with van der Waals surface area (Å²) in [5.74, 6) is -1.08. The number of rotatable bonds is 7. The van der Waals surface area contributed by atoms with Crippen molar-refractivity contribution >= 4 is 57.2 Å². The number of carbonyl (C=O) groups is 2. The lowest BCUT2D eigenvalue weighted by Crippen LogP contribution is -2.33. The van der Waals surface area contributed by atoms with Gasteiger partial charge < -0.3 is 11.1 Å². The van der Waals surface area contributed by atoms with Crippen molar-refractivity contribution in [2.75, 3.05) is 5.32 Å². The van der Waals surface area contributed by atoms with Gasteiger partial charge in [0.25, 0.3) is 11.6 Å². The van der Waals surface area contributed by atoms with Crippen LogP contribution >= 0.6 is 23.6 Å². The third-order valence-electron chi connectivity index (χ3n) is 4.69. The molecule has 0 aliphatic rings. The quantitative estimate of drug-likeness (QED) is 0.201. The first kappa shape index (κ1) is 23.8. The number of nitrogens with zero attached hydrogens (tertiary/aromatic N) is 1. The van der Waals surface area contributed by atoms with Gasteiger partial charge in [-0.15, -0.1) is 11.3 Å². The Morgan fingerprint density at radius 2 is 1.82 bits per heavy atom. The summed E-state index contributed by atoms with van der Waals surface area (Å²) in [6.07, 6.45) is 3.39. The van der Waals surface area contributed by atoms with E-state index in [9.17, 15) is 19.7 Å². The van der Waals surface area contributed by atoms with Gasteiger partial charge in [-0.3, -0.25) is 25.0 Å². The van der Waals surface area contributed by atoms with Gasteiger partial charge in [0.15, 0.2) is 5.11 Å². The Morgan fingerprint density at radius 1 is 1.15 bits per heavy atom. The van der Waals surface area contributed by atoms with Crippen LogP contribution in [0.3, 0.4) is 0 Å². The van der Waals surface area contributed by atoms with Crippen molar-refractivity contribution in [3.05, 3.63) is 97.9 Å². The lowest BCUT2D eigenvalue weighted by molar-refractivity contribution is -0.384. The predicted molar refractivity (Wildman–Crippen MR) is 133 cm³/mol. The Balaban J connectivity index is 1.67. The Labute approximate surface area is 199 Å². The second-order valence-electron chi connectivity index (χ2n) is 7.01. The normalized spacial score (nSPS) is 10.7. The van der Waals surface area contributed by atoms with Crippen molar-refractivity contribution in [3.63, 3.8) is 0 Å². The number of thiophene rings is 1. The van der Waals surface area contributed by atoms with Crippen LogP contribution in [0, 0.1) is 17.0 Å². The second kappa shape index (κ2) is 10.6. The number of thiocarbonyl (C=S) groups is 1. The number of carbonyl (C=O) groups excluding carboxylic acids is 2. The zero-order valence-corrected chi connectivity index (χ0v) is 19.2. The lowest BCUT2D eigenvalue weighted by atomic mass is 10.1. The van der Waals surface area contributed by atoms with Gasteiger partial charge in [-0.1, -0.05) is 30.3 Å². The first-order chi connectivity index (χ1) is 15.7. The van der Waals surface area contributed by atoms with E-state index in [2.05, 4.69) is 10.6 Å². The highest BCUT2D eigenvalue weighted by molar-refractivity contribution is 7.80. The summed E-state index contributed by atoms with van der Waals surface area (Å²) >= 11 is 6.57. The van der Waals surface area contributed by atoms with Crippen LogP contribution in [0.2, 0.25) is 0 Å². The van der Waals surface area contributed by atoms with Gasteiger partial charge in [-0.05, 0) is 54.0 Å². The average Bonchev–Trinajstić information content (AvgIpc) is 3.07. The number of nitro benzene ring substituents is 1. The molecule has 0 fully saturated rings. The van der Waals surface area contributed by atoms with Crippen LogP contribution in [0.1, 0.15) is 31.9 Å². The molecule has 33 heavy (non-hydrogen) atoms. The molecule has 0 aliphatic heterocycles. The highest BCUT2D eigenvalue weighted by Gasteiger charge is 2.20. The highest BCUT2D eigenvalue weighted by Crippen LogP contribution is 2.34. The molecule has 0 spiro atoms. The number of hydrogen-bond donors (Lipinski definition) is 3. The van der Waals surface area contributed by atoms with Crippen LogP contribution in [0.5, 0.6) is 0 Å². The van der Waals surface area contributed by atoms with E-state index in [-0.39, 0.29) is 10.8 Å². The van der Waals surface area contributed by atoms with Crippen molar-refractivity contribution in [2.24, 2.45) is 5.73 Å². The summed E-state index contributed by atoms with van der Waals surface area (Å²) < 4.78 is 0. The molecule has 1 heterocycles. The van der Waals surface area contributed by atoms with E-state index in [0.717, 1.165) is 16.0 Å². The zero-order valence-electron chi connectivity index (χ0n) is 17.5. The monoisotopic (exact) mass is 480 g/mol. The van der Waals surface area contributed by atoms with Crippen LogP contribution in [-0.2, 0) is 11.2 Å². The molecule has 0 radical (unpaired) electrons. The number of primary amides is 1. The predicted octanol–water partition coefficient (Wildman–Crippen LogP) is 4.18. The average molecular weight is 481 g/mol. The molecular formula is C23H20N4O4S2. The summed E-state index contributed by atoms with van der Waals surface area (Å²) in [6, 6.07) is 15.6. The van der Waals surface area contributed by atoms with Gasteiger partial charge in [-0.25, -0.2) is 0 Å². The summed E-state index contributed by atoms with van der Waals surface area (Å²) in [6.45, 7) is 1.83. The van der Waals surface area contributed by atoms with E-state index in [0.29, 0.717) is 22.5 Å². The van der Waals surface area contributed by atoms with Gasteiger partial charge in [0.2, 0.25) is 5.91 Å². The van der Waals surface area contributed by atoms with E-state index in [1.54, 1.807) is 0 Å². The van der Waals surface area contributed by atoms with Gasteiger partial charge in [0, 0.05) is 29.5 Å². The van der Waals surface area contributed by atoms with E-state index >= 15 is 0 Å². The molecule has 0 unspecified atom stereocenters. The largest absolute Gasteiger partial charge is 0.365 e. The summed E-state index contributed by atoms with van der Waals surface area (Å²) in [5.41, 5.74) is 8.36. The first-order valence-corrected chi connectivity index (χ1v) is 11.0. The summed E-state index contributed by atoms with van der Waals surface area (Å²) in [4.78, 5) is 35.4. The Morgan fingerprint density at radius 3 is 2.42 bits per heavy atom. The fraction of sp³-hybridized carbons (Fsp3) is 0.0870. The molecule has 4 N–H and O–H groups in total. The Kier molecular flexibility index (Phi) is 7.65. The number of nitrogens with one attached hydrogen (secondary N) is 2. The second-order valence-corrected chi connectivity index (χ2v) is 8.52. The number of amides is 2. The maximum Gasteiger partial charge on any atom is 0.269 e. The van der Waals surface area contributed by atoms with Crippen molar-refractivity contribution in [3.8, 4) is 0 Å².